The Balaban J connectivity index is 1.90. The molecular weight excluding hydrogens is 230 g/mol. The van der Waals surface area contributed by atoms with Gasteiger partial charge in [0.25, 0.3) is 0 Å². The Hall–Kier alpha value is -0.820. The lowest BCUT2D eigenvalue weighted by molar-refractivity contribution is 0.319. The molecule has 1 aliphatic rings. The highest BCUT2D eigenvalue weighted by molar-refractivity contribution is 5.25. The predicted molar refractivity (Wildman–Crippen MR) is 83.5 cm³/mol. The van der Waals surface area contributed by atoms with Crippen molar-refractivity contribution in [3.63, 3.8) is 0 Å². The van der Waals surface area contributed by atoms with Crippen molar-refractivity contribution >= 4 is 0 Å². The Morgan fingerprint density at radius 1 is 1.11 bits per heavy atom. The van der Waals surface area contributed by atoms with E-state index < -0.39 is 0 Å². The molecule has 1 saturated carbocycles. The van der Waals surface area contributed by atoms with Gasteiger partial charge in [0, 0.05) is 6.04 Å². The monoisotopic (exact) mass is 259 g/mol. The first-order chi connectivity index (χ1) is 9.31. The summed E-state index contributed by atoms with van der Waals surface area (Å²) in [7, 11) is 2.15. The average molecular weight is 259 g/mol. The lowest BCUT2D eigenvalue weighted by Gasteiger charge is -2.26. The van der Waals surface area contributed by atoms with E-state index in [4.69, 9.17) is 0 Å². The highest BCUT2D eigenvalue weighted by Gasteiger charge is 2.21. The van der Waals surface area contributed by atoms with Crippen molar-refractivity contribution in [1.29, 1.82) is 0 Å². The molecule has 1 aliphatic carbocycles. The van der Waals surface area contributed by atoms with Gasteiger partial charge in [0.2, 0.25) is 0 Å². The van der Waals surface area contributed by atoms with Crippen LogP contribution < -0.4 is 5.32 Å². The quantitative estimate of drug-likeness (QED) is 0.768. The number of rotatable bonds is 5. The Morgan fingerprint density at radius 3 is 2.42 bits per heavy atom. The molecule has 1 nitrogen and oxygen atoms in total. The van der Waals surface area contributed by atoms with Crippen LogP contribution in [0, 0.1) is 12.8 Å². The SMILES string of the molecule is CNC(CCc1ccccc1C)C1CCCCCC1. The number of nitrogens with one attached hydrogen (secondary N) is 1. The van der Waals surface area contributed by atoms with E-state index in [1.54, 1.807) is 0 Å². The third-order valence-corrected chi connectivity index (χ3v) is 4.83. The summed E-state index contributed by atoms with van der Waals surface area (Å²) < 4.78 is 0. The second-order valence-corrected chi connectivity index (χ2v) is 6.11. The minimum Gasteiger partial charge on any atom is -0.317 e. The molecule has 0 spiro atoms. The number of hydrogen-bond donors (Lipinski definition) is 1. The van der Waals surface area contributed by atoms with Crippen molar-refractivity contribution in [2.45, 2.75) is 64.3 Å². The summed E-state index contributed by atoms with van der Waals surface area (Å²) in [4.78, 5) is 0. The molecule has 1 aromatic carbocycles. The Bertz CT molecular complexity index is 364. The summed E-state index contributed by atoms with van der Waals surface area (Å²) in [5.74, 6) is 0.900. The molecule has 0 bridgehead atoms. The molecule has 1 fully saturated rings. The predicted octanol–water partition coefficient (Wildman–Crippen LogP) is 4.49. The molecule has 0 radical (unpaired) electrons. The number of hydrogen-bond acceptors (Lipinski definition) is 1. The van der Waals surface area contributed by atoms with Crippen LogP contribution in [0.1, 0.15) is 56.1 Å². The molecule has 0 aromatic heterocycles. The fourth-order valence-electron chi connectivity index (χ4n) is 3.53. The van der Waals surface area contributed by atoms with E-state index in [2.05, 4.69) is 43.6 Å². The highest BCUT2D eigenvalue weighted by atomic mass is 14.9. The normalized spacial score (nSPS) is 19.1. The van der Waals surface area contributed by atoms with Gasteiger partial charge in [-0.15, -0.1) is 0 Å². The van der Waals surface area contributed by atoms with Crippen LogP contribution >= 0.6 is 0 Å². The van der Waals surface area contributed by atoms with Gasteiger partial charge in [-0.2, -0.15) is 0 Å². The standard InChI is InChI=1S/C18H29N/c1-15-9-7-8-10-16(15)13-14-18(19-2)17-11-5-3-4-6-12-17/h7-10,17-19H,3-6,11-14H2,1-2H3. The molecular formula is C18H29N. The van der Waals surface area contributed by atoms with Crippen molar-refractivity contribution in [1.82, 2.24) is 5.32 Å². The summed E-state index contributed by atoms with van der Waals surface area (Å²) >= 11 is 0. The summed E-state index contributed by atoms with van der Waals surface area (Å²) in [6.45, 7) is 2.23. The minimum atomic E-state index is 0.706. The third-order valence-electron chi connectivity index (χ3n) is 4.83. The van der Waals surface area contributed by atoms with E-state index in [0.717, 1.165) is 5.92 Å². The van der Waals surface area contributed by atoms with E-state index in [-0.39, 0.29) is 0 Å². The van der Waals surface area contributed by atoms with Gasteiger partial charge in [0.15, 0.2) is 0 Å². The first kappa shape index (κ1) is 14.6. The first-order valence-corrected chi connectivity index (χ1v) is 8.03. The van der Waals surface area contributed by atoms with Crippen LogP contribution in [0.5, 0.6) is 0 Å². The zero-order chi connectivity index (χ0) is 13.5. The van der Waals surface area contributed by atoms with E-state index in [0.29, 0.717) is 6.04 Å². The van der Waals surface area contributed by atoms with Crippen molar-refractivity contribution < 1.29 is 0 Å². The lowest BCUT2D eigenvalue weighted by Crippen LogP contribution is -2.34. The second kappa shape index (κ2) is 7.69. The Labute approximate surface area is 118 Å². The smallest absolute Gasteiger partial charge is 0.00954 e. The Morgan fingerprint density at radius 2 is 1.79 bits per heavy atom. The molecule has 0 aliphatic heterocycles. The largest absolute Gasteiger partial charge is 0.317 e. The van der Waals surface area contributed by atoms with Gasteiger partial charge in [-0.05, 0) is 56.7 Å². The zero-order valence-electron chi connectivity index (χ0n) is 12.6. The fourth-order valence-corrected chi connectivity index (χ4v) is 3.53. The molecule has 0 amide bonds. The van der Waals surface area contributed by atoms with Crippen molar-refractivity contribution in [2.75, 3.05) is 7.05 Å². The fraction of sp³-hybridized carbons (Fsp3) is 0.667. The van der Waals surface area contributed by atoms with Crippen LogP contribution in [0.4, 0.5) is 0 Å². The highest BCUT2D eigenvalue weighted by Crippen LogP contribution is 2.27. The summed E-state index contributed by atoms with van der Waals surface area (Å²) in [5, 5.41) is 3.59. The van der Waals surface area contributed by atoms with E-state index in [9.17, 15) is 0 Å². The van der Waals surface area contributed by atoms with Crippen LogP contribution in [0.3, 0.4) is 0 Å². The van der Waals surface area contributed by atoms with Crippen molar-refractivity contribution in [3.05, 3.63) is 35.4 Å². The summed E-state index contributed by atoms with van der Waals surface area (Å²) in [5.41, 5.74) is 2.97. The van der Waals surface area contributed by atoms with E-state index >= 15 is 0 Å². The first-order valence-electron chi connectivity index (χ1n) is 8.03. The van der Waals surface area contributed by atoms with Gasteiger partial charge in [-0.3, -0.25) is 0 Å². The molecule has 1 N–H and O–H groups in total. The van der Waals surface area contributed by atoms with Gasteiger partial charge in [0.05, 0.1) is 0 Å². The third kappa shape index (κ3) is 4.35. The molecule has 0 saturated heterocycles. The van der Waals surface area contributed by atoms with E-state index in [1.807, 2.05) is 0 Å². The molecule has 19 heavy (non-hydrogen) atoms. The van der Waals surface area contributed by atoms with Crippen LogP contribution in [-0.4, -0.2) is 13.1 Å². The van der Waals surface area contributed by atoms with Gasteiger partial charge < -0.3 is 5.32 Å². The van der Waals surface area contributed by atoms with Gasteiger partial charge >= 0.3 is 0 Å². The maximum atomic E-state index is 3.59. The van der Waals surface area contributed by atoms with Crippen LogP contribution in [0.25, 0.3) is 0 Å². The Kier molecular flexibility index (Phi) is 5.91. The molecule has 1 heteroatoms. The maximum absolute atomic E-state index is 3.59. The summed E-state index contributed by atoms with van der Waals surface area (Å²) in [6.07, 6.45) is 11.1. The lowest BCUT2D eigenvalue weighted by atomic mass is 9.87. The molecule has 1 aromatic rings. The van der Waals surface area contributed by atoms with Crippen LogP contribution in [0.15, 0.2) is 24.3 Å². The van der Waals surface area contributed by atoms with E-state index in [1.165, 1.54) is 62.5 Å². The molecule has 0 heterocycles. The molecule has 1 unspecified atom stereocenters. The number of benzene rings is 1. The zero-order valence-corrected chi connectivity index (χ0v) is 12.6. The van der Waals surface area contributed by atoms with Crippen molar-refractivity contribution in [2.24, 2.45) is 5.92 Å². The van der Waals surface area contributed by atoms with Gasteiger partial charge in [0.1, 0.15) is 0 Å². The van der Waals surface area contributed by atoms with Gasteiger partial charge in [-0.1, -0.05) is 49.9 Å². The van der Waals surface area contributed by atoms with Crippen LogP contribution in [-0.2, 0) is 6.42 Å². The molecule has 2 rings (SSSR count). The maximum Gasteiger partial charge on any atom is 0.00954 e. The molecule has 1 atom stereocenters. The van der Waals surface area contributed by atoms with Crippen LogP contribution in [0.2, 0.25) is 0 Å². The summed E-state index contributed by atoms with van der Waals surface area (Å²) in [6, 6.07) is 9.53. The second-order valence-electron chi connectivity index (χ2n) is 6.11. The minimum absolute atomic E-state index is 0.706. The van der Waals surface area contributed by atoms with Crippen molar-refractivity contribution in [3.8, 4) is 0 Å². The average Bonchev–Trinajstić information content (AvgIpc) is 2.71. The molecule has 106 valence electrons. The topological polar surface area (TPSA) is 12.0 Å². The number of aryl methyl sites for hydroxylation is 2. The van der Waals surface area contributed by atoms with Gasteiger partial charge in [-0.25, -0.2) is 0 Å².